The zero-order valence-corrected chi connectivity index (χ0v) is 9.40. The summed E-state index contributed by atoms with van der Waals surface area (Å²) in [5, 5.41) is 0.389. The van der Waals surface area contributed by atoms with Crippen molar-refractivity contribution in [1.29, 1.82) is 0 Å². The second kappa shape index (κ2) is 3.87. The molecule has 1 atom stereocenters. The first kappa shape index (κ1) is 11.5. The van der Waals surface area contributed by atoms with E-state index in [9.17, 15) is 4.39 Å². The fraction of sp³-hybridized carbons (Fsp3) is 0.455. The molecule has 0 saturated carbocycles. The minimum atomic E-state index is -0.341. The number of rotatable bonds is 1. The molecule has 0 heterocycles. The monoisotopic (exact) mass is 215 g/mol. The van der Waals surface area contributed by atoms with Gasteiger partial charge in [0.2, 0.25) is 0 Å². The van der Waals surface area contributed by atoms with Gasteiger partial charge in [-0.3, -0.25) is 0 Å². The van der Waals surface area contributed by atoms with Gasteiger partial charge < -0.3 is 5.73 Å². The molecule has 14 heavy (non-hydrogen) atoms. The summed E-state index contributed by atoms with van der Waals surface area (Å²) in [6.07, 6.45) is 0. The molecule has 1 aromatic carbocycles. The van der Waals surface area contributed by atoms with Crippen molar-refractivity contribution in [3.05, 3.63) is 34.6 Å². The van der Waals surface area contributed by atoms with Crippen LogP contribution >= 0.6 is 11.6 Å². The quantitative estimate of drug-likeness (QED) is 0.762. The van der Waals surface area contributed by atoms with E-state index in [2.05, 4.69) is 0 Å². The van der Waals surface area contributed by atoms with Crippen LogP contribution in [0.5, 0.6) is 0 Å². The Morgan fingerprint density at radius 2 is 1.86 bits per heavy atom. The van der Waals surface area contributed by atoms with Crippen molar-refractivity contribution in [1.82, 2.24) is 0 Å². The first-order valence-corrected chi connectivity index (χ1v) is 4.90. The molecule has 0 aromatic heterocycles. The second-order valence-electron chi connectivity index (χ2n) is 4.55. The highest BCUT2D eigenvalue weighted by Gasteiger charge is 2.22. The van der Waals surface area contributed by atoms with Gasteiger partial charge in [0, 0.05) is 11.1 Å². The standard InChI is InChI=1S/C11H15ClFN/c1-11(2,3)10(14)7-4-8(12)6-9(13)5-7/h4-6,10H,14H2,1-3H3/t10-/m1/s1. The number of benzene rings is 1. The average Bonchev–Trinajstić information content (AvgIpc) is 1.99. The van der Waals surface area contributed by atoms with Crippen LogP contribution in [0, 0.1) is 11.2 Å². The van der Waals surface area contributed by atoms with Crippen molar-refractivity contribution >= 4 is 11.6 Å². The molecule has 0 aliphatic carbocycles. The SMILES string of the molecule is CC(C)(C)[C@H](N)c1cc(F)cc(Cl)c1. The Balaban J connectivity index is 3.07. The van der Waals surface area contributed by atoms with Crippen molar-refractivity contribution in [2.24, 2.45) is 11.1 Å². The summed E-state index contributed by atoms with van der Waals surface area (Å²) in [5.74, 6) is -0.341. The lowest BCUT2D eigenvalue weighted by molar-refractivity contribution is 0.326. The molecule has 1 rings (SSSR count). The highest BCUT2D eigenvalue weighted by Crippen LogP contribution is 2.31. The van der Waals surface area contributed by atoms with E-state index in [0.717, 1.165) is 5.56 Å². The molecule has 2 N–H and O–H groups in total. The van der Waals surface area contributed by atoms with Gasteiger partial charge in [-0.15, -0.1) is 0 Å². The van der Waals surface area contributed by atoms with Crippen LogP contribution in [0.15, 0.2) is 18.2 Å². The van der Waals surface area contributed by atoms with E-state index in [0.29, 0.717) is 5.02 Å². The van der Waals surface area contributed by atoms with Crippen LogP contribution in [-0.2, 0) is 0 Å². The molecular formula is C11H15ClFN. The molecule has 3 heteroatoms. The topological polar surface area (TPSA) is 26.0 Å². The van der Waals surface area contributed by atoms with E-state index in [1.165, 1.54) is 12.1 Å². The molecule has 0 fully saturated rings. The highest BCUT2D eigenvalue weighted by molar-refractivity contribution is 6.30. The Morgan fingerprint density at radius 1 is 1.29 bits per heavy atom. The van der Waals surface area contributed by atoms with Crippen LogP contribution in [0.4, 0.5) is 4.39 Å². The van der Waals surface area contributed by atoms with Crippen LogP contribution < -0.4 is 5.73 Å². The molecule has 0 unspecified atom stereocenters. The minimum absolute atomic E-state index is 0.100. The Labute approximate surface area is 89.1 Å². The Kier molecular flexibility index (Phi) is 3.17. The Bertz CT molecular complexity index is 310. The third-order valence-corrected chi connectivity index (χ3v) is 2.40. The third kappa shape index (κ3) is 2.69. The van der Waals surface area contributed by atoms with Gasteiger partial charge in [-0.1, -0.05) is 32.4 Å². The van der Waals surface area contributed by atoms with Crippen molar-refractivity contribution in [3.63, 3.8) is 0 Å². The number of nitrogens with two attached hydrogens (primary N) is 1. The van der Waals surface area contributed by atoms with Gasteiger partial charge in [-0.25, -0.2) is 4.39 Å². The molecule has 0 amide bonds. The fourth-order valence-corrected chi connectivity index (χ4v) is 1.48. The Hall–Kier alpha value is -0.600. The van der Waals surface area contributed by atoms with E-state index in [-0.39, 0.29) is 17.3 Å². The summed E-state index contributed by atoms with van der Waals surface area (Å²) in [6, 6.07) is 4.21. The van der Waals surface area contributed by atoms with Gasteiger partial charge >= 0.3 is 0 Å². The molecule has 0 spiro atoms. The maximum atomic E-state index is 13.0. The van der Waals surface area contributed by atoms with Crippen molar-refractivity contribution < 1.29 is 4.39 Å². The van der Waals surface area contributed by atoms with Crippen LogP contribution in [0.25, 0.3) is 0 Å². The molecular weight excluding hydrogens is 201 g/mol. The van der Waals surface area contributed by atoms with E-state index in [1.54, 1.807) is 6.07 Å². The predicted octanol–water partition coefficient (Wildman–Crippen LogP) is 3.53. The van der Waals surface area contributed by atoms with Crippen molar-refractivity contribution in [2.45, 2.75) is 26.8 Å². The van der Waals surface area contributed by atoms with Gasteiger partial charge in [-0.2, -0.15) is 0 Å². The van der Waals surface area contributed by atoms with Crippen LogP contribution in [0.2, 0.25) is 5.02 Å². The summed E-state index contributed by atoms with van der Waals surface area (Å²) in [7, 11) is 0. The van der Waals surface area contributed by atoms with Gasteiger partial charge in [-0.05, 0) is 29.2 Å². The summed E-state index contributed by atoms with van der Waals surface area (Å²) in [5.41, 5.74) is 6.62. The minimum Gasteiger partial charge on any atom is -0.324 e. The largest absolute Gasteiger partial charge is 0.324 e. The van der Waals surface area contributed by atoms with Crippen LogP contribution in [-0.4, -0.2) is 0 Å². The van der Waals surface area contributed by atoms with E-state index in [1.807, 2.05) is 20.8 Å². The normalized spacial score (nSPS) is 14.1. The summed E-state index contributed by atoms with van der Waals surface area (Å²) < 4.78 is 13.0. The van der Waals surface area contributed by atoms with E-state index >= 15 is 0 Å². The first-order valence-electron chi connectivity index (χ1n) is 4.52. The zero-order valence-electron chi connectivity index (χ0n) is 8.64. The maximum Gasteiger partial charge on any atom is 0.125 e. The number of halogens is 2. The van der Waals surface area contributed by atoms with Gasteiger partial charge in [0.1, 0.15) is 5.82 Å². The molecule has 1 aromatic rings. The molecule has 0 aliphatic heterocycles. The lowest BCUT2D eigenvalue weighted by Crippen LogP contribution is -2.26. The fourth-order valence-electron chi connectivity index (χ4n) is 1.25. The highest BCUT2D eigenvalue weighted by atomic mass is 35.5. The Morgan fingerprint density at radius 3 is 2.29 bits per heavy atom. The summed E-state index contributed by atoms with van der Waals surface area (Å²) >= 11 is 5.75. The number of hydrogen-bond acceptors (Lipinski definition) is 1. The van der Waals surface area contributed by atoms with Crippen LogP contribution in [0.1, 0.15) is 32.4 Å². The zero-order chi connectivity index (χ0) is 10.9. The third-order valence-electron chi connectivity index (χ3n) is 2.18. The van der Waals surface area contributed by atoms with Gasteiger partial charge in [0.25, 0.3) is 0 Å². The van der Waals surface area contributed by atoms with Gasteiger partial charge in [0.15, 0.2) is 0 Å². The van der Waals surface area contributed by atoms with Crippen molar-refractivity contribution in [3.8, 4) is 0 Å². The molecule has 0 saturated heterocycles. The second-order valence-corrected chi connectivity index (χ2v) is 4.98. The van der Waals surface area contributed by atoms with Gasteiger partial charge in [0.05, 0.1) is 0 Å². The average molecular weight is 216 g/mol. The van der Waals surface area contributed by atoms with Crippen LogP contribution in [0.3, 0.4) is 0 Å². The molecule has 0 aliphatic rings. The van der Waals surface area contributed by atoms with Crippen molar-refractivity contribution in [2.75, 3.05) is 0 Å². The molecule has 0 radical (unpaired) electrons. The molecule has 0 bridgehead atoms. The predicted molar refractivity (Wildman–Crippen MR) is 57.8 cm³/mol. The molecule has 78 valence electrons. The maximum absolute atomic E-state index is 13.0. The van der Waals surface area contributed by atoms with E-state index < -0.39 is 0 Å². The molecule has 1 nitrogen and oxygen atoms in total. The first-order chi connectivity index (χ1) is 6.30. The summed E-state index contributed by atoms with van der Waals surface area (Å²) in [6.45, 7) is 6.03. The lowest BCUT2D eigenvalue weighted by atomic mass is 9.83. The number of hydrogen-bond donors (Lipinski definition) is 1. The van der Waals surface area contributed by atoms with E-state index in [4.69, 9.17) is 17.3 Å². The summed E-state index contributed by atoms with van der Waals surface area (Å²) in [4.78, 5) is 0. The lowest BCUT2D eigenvalue weighted by Gasteiger charge is -2.27. The smallest absolute Gasteiger partial charge is 0.125 e.